The van der Waals surface area contributed by atoms with E-state index in [2.05, 4.69) is 22.0 Å². The zero-order valence-electron chi connectivity index (χ0n) is 20.3. The summed E-state index contributed by atoms with van der Waals surface area (Å²) in [6.07, 6.45) is 5.69. The normalized spacial score (nSPS) is 28.0. The molecule has 182 valence electrons. The molecule has 2 N–H and O–H groups in total. The molecule has 1 atom stereocenters. The van der Waals surface area contributed by atoms with Gasteiger partial charge in [-0.15, -0.1) is 0 Å². The van der Waals surface area contributed by atoms with E-state index in [4.69, 9.17) is 4.74 Å². The predicted octanol–water partition coefficient (Wildman–Crippen LogP) is 4.32. The summed E-state index contributed by atoms with van der Waals surface area (Å²) in [6, 6.07) is 6.23. The largest absolute Gasteiger partial charge is 0.449 e. The van der Waals surface area contributed by atoms with E-state index in [1.54, 1.807) is 0 Å². The minimum atomic E-state index is -0.431. The number of aryl methyl sites for hydroxylation is 1. The van der Waals surface area contributed by atoms with Gasteiger partial charge in [0.05, 0.1) is 18.1 Å². The lowest BCUT2D eigenvalue weighted by Crippen LogP contribution is -2.50. The van der Waals surface area contributed by atoms with Crippen molar-refractivity contribution in [3.8, 4) is 0 Å². The molecule has 7 heteroatoms. The van der Waals surface area contributed by atoms with Gasteiger partial charge in [-0.1, -0.05) is 13.8 Å². The third-order valence-corrected chi connectivity index (χ3v) is 7.56. The lowest BCUT2D eigenvalue weighted by Gasteiger charge is -2.42. The fourth-order valence-corrected chi connectivity index (χ4v) is 5.77. The first-order chi connectivity index (χ1) is 15.8. The van der Waals surface area contributed by atoms with E-state index in [9.17, 15) is 14.7 Å². The first-order valence-electron chi connectivity index (χ1n) is 12.6. The van der Waals surface area contributed by atoms with Crippen LogP contribution in [0.5, 0.6) is 0 Å². The molecule has 33 heavy (non-hydrogen) atoms. The third kappa shape index (κ3) is 5.29. The Morgan fingerprint density at radius 1 is 1.21 bits per heavy atom. The van der Waals surface area contributed by atoms with E-state index in [0.717, 1.165) is 81.5 Å². The summed E-state index contributed by atoms with van der Waals surface area (Å²) in [5, 5.41) is 12.7. The average Bonchev–Trinajstić information content (AvgIpc) is 3.08. The van der Waals surface area contributed by atoms with Gasteiger partial charge in [0.25, 0.3) is 0 Å². The van der Waals surface area contributed by atoms with Crippen LogP contribution < -0.4 is 10.2 Å². The predicted molar refractivity (Wildman–Crippen MR) is 129 cm³/mol. The standard InChI is InChI=1S/C26H39N3O4/c1-18(2)16-33-25(32)27-20-5-10-23(19(3)15-20)28-13-4-11-26(17-28)12-14-29(24(26)31)21-6-8-22(30)9-7-21/h5,10,15,18,21-22,30H,4,6-9,11-14,16-17H2,1-3H3,(H,27,32)/t21?,22?,26-/m0/s1. The molecule has 0 bridgehead atoms. The number of carbonyl (C=O) groups excluding carboxylic acids is 2. The monoisotopic (exact) mass is 457 g/mol. The molecule has 0 radical (unpaired) electrons. The topological polar surface area (TPSA) is 82.1 Å². The molecule has 3 fully saturated rings. The molecule has 2 amide bonds. The van der Waals surface area contributed by atoms with Crippen molar-refractivity contribution in [1.82, 2.24) is 4.90 Å². The summed E-state index contributed by atoms with van der Waals surface area (Å²) < 4.78 is 5.22. The van der Waals surface area contributed by atoms with Crippen LogP contribution in [-0.4, -0.2) is 60.4 Å². The molecule has 0 aromatic heterocycles. The smallest absolute Gasteiger partial charge is 0.411 e. The van der Waals surface area contributed by atoms with Crippen molar-refractivity contribution in [2.24, 2.45) is 11.3 Å². The van der Waals surface area contributed by atoms with Crippen LogP contribution in [0.4, 0.5) is 16.2 Å². The number of nitrogens with zero attached hydrogens (tertiary/aromatic N) is 2. The molecule has 0 unspecified atom stereocenters. The summed E-state index contributed by atoms with van der Waals surface area (Å²) in [5.41, 5.74) is 2.64. The molecular weight excluding hydrogens is 418 g/mol. The van der Waals surface area contributed by atoms with Crippen molar-refractivity contribution in [1.29, 1.82) is 0 Å². The van der Waals surface area contributed by atoms with Crippen molar-refractivity contribution < 1.29 is 19.4 Å². The molecule has 7 nitrogen and oxygen atoms in total. The highest BCUT2D eigenvalue weighted by atomic mass is 16.5. The van der Waals surface area contributed by atoms with Gasteiger partial charge in [-0.25, -0.2) is 4.79 Å². The number of hydrogen-bond acceptors (Lipinski definition) is 5. The zero-order chi connectivity index (χ0) is 23.6. The second-order valence-electron chi connectivity index (χ2n) is 10.6. The fraction of sp³-hybridized carbons (Fsp3) is 0.692. The summed E-state index contributed by atoms with van der Waals surface area (Å²) in [5.74, 6) is 0.614. The minimum Gasteiger partial charge on any atom is -0.449 e. The van der Waals surface area contributed by atoms with Crippen LogP contribution >= 0.6 is 0 Å². The quantitative estimate of drug-likeness (QED) is 0.688. The first-order valence-corrected chi connectivity index (χ1v) is 12.6. The van der Waals surface area contributed by atoms with E-state index in [1.807, 2.05) is 32.0 Å². The van der Waals surface area contributed by atoms with Crippen LogP contribution in [0.25, 0.3) is 0 Å². The van der Waals surface area contributed by atoms with Crippen LogP contribution in [0.3, 0.4) is 0 Å². The molecule has 1 aromatic rings. The summed E-state index contributed by atoms with van der Waals surface area (Å²) in [7, 11) is 0. The number of likely N-dealkylation sites (tertiary alicyclic amines) is 1. The number of benzene rings is 1. The number of amides is 2. The molecule has 1 saturated carbocycles. The SMILES string of the molecule is Cc1cc(NC(=O)OCC(C)C)ccc1N1CCC[C@]2(CCN(C3CCC(O)CC3)C2=O)C1. The zero-order valence-corrected chi connectivity index (χ0v) is 20.3. The van der Waals surface area contributed by atoms with Gasteiger partial charge in [-0.3, -0.25) is 10.1 Å². The Balaban J connectivity index is 1.41. The molecule has 1 spiro atoms. The van der Waals surface area contributed by atoms with Gasteiger partial charge in [0.1, 0.15) is 0 Å². The molecule has 1 aromatic carbocycles. The number of aliphatic hydroxyl groups is 1. The van der Waals surface area contributed by atoms with Crippen molar-refractivity contribution in [2.75, 3.05) is 36.5 Å². The molecule has 3 aliphatic rings. The number of hydrogen-bond donors (Lipinski definition) is 2. The Hall–Kier alpha value is -2.28. The third-order valence-electron chi connectivity index (χ3n) is 7.56. The summed E-state index contributed by atoms with van der Waals surface area (Å²) in [4.78, 5) is 30.1. The molecule has 2 saturated heterocycles. The number of aliphatic hydroxyl groups excluding tert-OH is 1. The number of nitrogens with one attached hydrogen (secondary N) is 1. The molecule has 4 rings (SSSR count). The van der Waals surface area contributed by atoms with Crippen LogP contribution in [0.1, 0.15) is 64.4 Å². The average molecular weight is 458 g/mol. The van der Waals surface area contributed by atoms with Crippen molar-refractivity contribution in [3.05, 3.63) is 23.8 Å². The van der Waals surface area contributed by atoms with Crippen molar-refractivity contribution >= 4 is 23.4 Å². The lowest BCUT2D eigenvalue weighted by atomic mass is 9.78. The van der Waals surface area contributed by atoms with E-state index in [0.29, 0.717) is 18.4 Å². The summed E-state index contributed by atoms with van der Waals surface area (Å²) in [6.45, 7) is 8.99. The molecular formula is C26H39N3O4. The van der Waals surface area contributed by atoms with Crippen LogP contribution in [0.15, 0.2) is 18.2 Å². The fourth-order valence-electron chi connectivity index (χ4n) is 5.77. The number of carbonyl (C=O) groups is 2. The maximum atomic E-state index is 13.6. The van der Waals surface area contributed by atoms with Crippen LogP contribution in [0.2, 0.25) is 0 Å². The second-order valence-corrected chi connectivity index (χ2v) is 10.6. The van der Waals surface area contributed by atoms with Crippen molar-refractivity contribution in [3.63, 3.8) is 0 Å². The Morgan fingerprint density at radius 2 is 1.97 bits per heavy atom. The number of anilines is 2. The lowest BCUT2D eigenvalue weighted by molar-refractivity contribution is -0.139. The minimum absolute atomic E-state index is 0.199. The number of rotatable bonds is 5. The van der Waals surface area contributed by atoms with E-state index >= 15 is 0 Å². The molecule has 1 aliphatic carbocycles. The number of piperidine rings is 1. The van der Waals surface area contributed by atoms with Crippen LogP contribution in [-0.2, 0) is 9.53 Å². The maximum Gasteiger partial charge on any atom is 0.411 e. The van der Waals surface area contributed by atoms with Gasteiger partial charge in [0.15, 0.2) is 0 Å². The number of ether oxygens (including phenoxy) is 1. The molecule has 2 heterocycles. The highest BCUT2D eigenvalue weighted by Crippen LogP contribution is 2.44. The van der Waals surface area contributed by atoms with Gasteiger partial charge in [-0.05, 0) is 81.5 Å². The Bertz CT molecular complexity index is 865. The Kier molecular flexibility index (Phi) is 7.17. The van der Waals surface area contributed by atoms with Gasteiger partial charge < -0.3 is 19.6 Å². The van der Waals surface area contributed by atoms with E-state index in [1.165, 1.54) is 0 Å². The first kappa shape index (κ1) is 23.9. The van der Waals surface area contributed by atoms with Gasteiger partial charge in [0.2, 0.25) is 5.91 Å². The van der Waals surface area contributed by atoms with E-state index in [-0.39, 0.29) is 17.6 Å². The Morgan fingerprint density at radius 3 is 2.67 bits per heavy atom. The second kappa shape index (κ2) is 9.92. The summed E-state index contributed by atoms with van der Waals surface area (Å²) >= 11 is 0. The Labute approximate surface area is 197 Å². The van der Waals surface area contributed by atoms with Crippen molar-refractivity contribution in [2.45, 2.75) is 77.9 Å². The van der Waals surface area contributed by atoms with Crippen LogP contribution in [0, 0.1) is 18.3 Å². The highest BCUT2D eigenvalue weighted by Gasteiger charge is 2.50. The maximum absolute atomic E-state index is 13.6. The van der Waals surface area contributed by atoms with Gasteiger partial charge >= 0.3 is 6.09 Å². The molecule has 2 aliphatic heterocycles. The highest BCUT2D eigenvalue weighted by molar-refractivity contribution is 5.87. The van der Waals surface area contributed by atoms with E-state index < -0.39 is 6.09 Å². The van der Waals surface area contributed by atoms with Gasteiger partial charge in [0, 0.05) is 37.1 Å². The van der Waals surface area contributed by atoms with Gasteiger partial charge in [-0.2, -0.15) is 0 Å².